The first-order chi connectivity index (χ1) is 9.17. The number of thioether (sulfide) groups is 1. The fourth-order valence-electron chi connectivity index (χ4n) is 2.76. The Morgan fingerprint density at radius 3 is 2.95 bits per heavy atom. The highest BCUT2D eigenvalue weighted by atomic mass is 32.2. The molecule has 1 aromatic carbocycles. The number of hydrogen-bond donors (Lipinski definition) is 1. The molecule has 0 aromatic heterocycles. The van der Waals surface area contributed by atoms with E-state index in [4.69, 9.17) is 5.73 Å². The highest BCUT2D eigenvalue weighted by Crippen LogP contribution is 2.30. The second-order valence-corrected chi connectivity index (χ2v) is 6.27. The molecular weight excluding hydrogens is 254 g/mol. The molecule has 0 amide bonds. The van der Waals surface area contributed by atoms with Gasteiger partial charge in [0.05, 0.1) is 0 Å². The molecule has 1 aromatic rings. The van der Waals surface area contributed by atoms with Crippen molar-refractivity contribution in [3.05, 3.63) is 29.3 Å². The maximum atomic E-state index is 5.99. The lowest BCUT2D eigenvalue weighted by atomic mass is 10.0. The molecule has 0 saturated heterocycles. The van der Waals surface area contributed by atoms with Gasteiger partial charge in [0.1, 0.15) is 0 Å². The number of benzene rings is 1. The summed E-state index contributed by atoms with van der Waals surface area (Å²) in [5, 5.41) is 0. The molecule has 1 heterocycles. The van der Waals surface area contributed by atoms with Crippen LogP contribution in [-0.2, 0) is 6.42 Å². The second-order valence-electron chi connectivity index (χ2n) is 5.28. The molecule has 1 atom stereocenters. The van der Waals surface area contributed by atoms with Crippen LogP contribution < -0.4 is 10.6 Å². The predicted octanol–water partition coefficient (Wildman–Crippen LogP) is 1.97. The average molecular weight is 279 g/mol. The SMILES string of the molecule is CSCCN(C)C(CN)c1ccc2c(c1)CCN2C. The van der Waals surface area contributed by atoms with Crippen LogP contribution in [0.15, 0.2) is 18.2 Å². The summed E-state index contributed by atoms with van der Waals surface area (Å²) in [6.45, 7) is 2.90. The third-order valence-electron chi connectivity index (χ3n) is 4.02. The number of hydrogen-bond acceptors (Lipinski definition) is 4. The summed E-state index contributed by atoms with van der Waals surface area (Å²) in [5.41, 5.74) is 10.2. The first-order valence-electron chi connectivity index (χ1n) is 6.90. The molecule has 0 spiro atoms. The van der Waals surface area contributed by atoms with Gasteiger partial charge in [-0.15, -0.1) is 0 Å². The average Bonchev–Trinajstić information content (AvgIpc) is 2.78. The van der Waals surface area contributed by atoms with Crippen LogP contribution in [0.25, 0.3) is 0 Å². The van der Waals surface area contributed by atoms with Crippen molar-refractivity contribution < 1.29 is 0 Å². The van der Waals surface area contributed by atoms with Gasteiger partial charge in [-0.05, 0) is 36.9 Å². The topological polar surface area (TPSA) is 32.5 Å². The second kappa shape index (κ2) is 6.64. The van der Waals surface area contributed by atoms with Gasteiger partial charge in [0.2, 0.25) is 0 Å². The van der Waals surface area contributed by atoms with E-state index in [1.54, 1.807) is 0 Å². The molecule has 106 valence electrons. The normalized spacial score (nSPS) is 15.9. The predicted molar refractivity (Wildman–Crippen MR) is 86.2 cm³/mol. The first-order valence-corrected chi connectivity index (χ1v) is 8.30. The lowest BCUT2D eigenvalue weighted by Crippen LogP contribution is -2.32. The first kappa shape index (κ1) is 14.7. The van der Waals surface area contributed by atoms with Crippen LogP contribution in [0.2, 0.25) is 0 Å². The number of nitrogens with zero attached hydrogens (tertiary/aromatic N) is 2. The third kappa shape index (κ3) is 3.25. The minimum atomic E-state index is 0.336. The molecule has 0 aliphatic carbocycles. The highest BCUT2D eigenvalue weighted by Gasteiger charge is 2.20. The van der Waals surface area contributed by atoms with E-state index in [0.717, 1.165) is 25.3 Å². The lowest BCUT2D eigenvalue weighted by Gasteiger charge is -2.27. The summed E-state index contributed by atoms with van der Waals surface area (Å²) in [6, 6.07) is 7.19. The van der Waals surface area contributed by atoms with Crippen molar-refractivity contribution in [1.82, 2.24) is 4.90 Å². The fraction of sp³-hybridized carbons (Fsp3) is 0.600. The van der Waals surface area contributed by atoms with E-state index in [1.807, 2.05) is 11.8 Å². The van der Waals surface area contributed by atoms with E-state index in [-0.39, 0.29) is 0 Å². The zero-order valence-corrected chi connectivity index (χ0v) is 13.0. The summed E-state index contributed by atoms with van der Waals surface area (Å²) < 4.78 is 0. The molecule has 0 radical (unpaired) electrons. The quantitative estimate of drug-likeness (QED) is 0.863. The Bertz CT molecular complexity index is 422. The van der Waals surface area contributed by atoms with Gasteiger partial charge in [-0.1, -0.05) is 12.1 Å². The zero-order chi connectivity index (χ0) is 13.8. The molecule has 0 saturated carbocycles. The van der Waals surface area contributed by atoms with Crippen molar-refractivity contribution in [2.24, 2.45) is 5.73 Å². The Labute approximate surface area is 121 Å². The molecule has 2 N–H and O–H groups in total. The minimum Gasteiger partial charge on any atom is -0.374 e. The van der Waals surface area contributed by atoms with E-state index < -0.39 is 0 Å². The summed E-state index contributed by atoms with van der Waals surface area (Å²) in [7, 11) is 4.34. The smallest absolute Gasteiger partial charge is 0.0467 e. The van der Waals surface area contributed by atoms with Gasteiger partial charge in [0, 0.05) is 44.2 Å². The maximum Gasteiger partial charge on any atom is 0.0467 e. The van der Waals surface area contributed by atoms with Gasteiger partial charge in [0.25, 0.3) is 0 Å². The summed E-state index contributed by atoms with van der Waals surface area (Å²) in [5.74, 6) is 1.15. The largest absolute Gasteiger partial charge is 0.374 e. The number of nitrogens with two attached hydrogens (primary N) is 1. The van der Waals surface area contributed by atoms with Crippen molar-refractivity contribution in [3.8, 4) is 0 Å². The molecule has 1 unspecified atom stereocenters. The van der Waals surface area contributed by atoms with Crippen LogP contribution in [0.3, 0.4) is 0 Å². The Morgan fingerprint density at radius 2 is 2.26 bits per heavy atom. The zero-order valence-electron chi connectivity index (χ0n) is 12.2. The van der Waals surface area contributed by atoms with Crippen molar-refractivity contribution in [3.63, 3.8) is 0 Å². The van der Waals surface area contributed by atoms with E-state index in [1.165, 1.54) is 16.8 Å². The summed E-state index contributed by atoms with van der Waals surface area (Å²) in [4.78, 5) is 4.70. The molecule has 3 nitrogen and oxygen atoms in total. The van der Waals surface area contributed by atoms with Crippen LogP contribution in [0, 0.1) is 0 Å². The lowest BCUT2D eigenvalue weighted by molar-refractivity contribution is 0.265. The van der Waals surface area contributed by atoms with Crippen LogP contribution in [-0.4, -0.2) is 50.6 Å². The van der Waals surface area contributed by atoms with Crippen LogP contribution in [0.1, 0.15) is 17.2 Å². The molecule has 2 rings (SSSR count). The van der Waals surface area contributed by atoms with E-state index >= 15 is 0 Å². The summed E-state index contributed by atoms with van der Waals surface area (Å²) >= 11 is 1.88. The summed E-state index contributed by atoms with van der Waals surface area (Å²) in [6.07, 6.45) is 3.31. The molecule has 0 fully saturated rings. The number of rotatable bonds is 6. The van der Waals surface area contributed by atoms with Gasteiger partial charge in [-0.25, -0.2) is 0 Å². The Kier molecular flexibility index (Phi) is 5.13. The van der Waals surface area contributed by atoms with Crippen molar-refractivity contribution in [2.45, 2.75) is 12.5 Å². The van der Waals surface area contributed by atoms with E-state index in [0.29, 0.717) is 12.6 Å². The molecule has 1 aliphatic heterocycles. The third-order valence-corrected chi connectivity index (χ3v) is 4.61. The van der Waals surface area contributed by atoms with Gasteiger partial charge >= 0.3 is 0 Å². The van der Waals surface area contributed by atoms with Gasteiger partial charge in [-0.3, -0.25) is 4.90 Å². The van der Waals surface area contributed by atoms with Crippen LogP contribution in [0.4, 0.5) is 5.69 Å². The van der Waals surface area contributed by atoms with Gasteiger partial charge in [0.15, 0.2) is 0 Å². The van der Waals surface area contributed by atoms with Gasteiger partial charge in [-0.2, -0.15) is 11.8 Å². The highest BCUT2D eigenvalue weighted by molar-refractivity contribution is 7.98. The van der Waals surface area contributed by atoms with Gasteiger partial charge < -0.3 is 10.6 Å². The maximum absolute atomic E-state index is 5.99. The molecular formula is C15H25N3S. The van der Waals surface area contributed by atoms with Crippen molar-refractivity contribution in [1.29, 1.82) is 0 Å². The molecule has 19 heavy (non-hydrogen) atoms. The van der Waals surface area contributed by atoms with Crippen molar-refractivity contribution in [2.75, 3.05) is 50.6 Å². The Morgan fingerprint density at radius 1 is 1.47 bits per heavy atom. The minimum absolute atomic E-state index is 0.336. The Balaban J connectivity index is 2.15. The number of fused-ring (bicyclic) bond motifs is 1. The standard InChI is InChI=1S/C15H25N3S/c1-17-7-6-13-10-12(4-5-14(13)17)15(11-16)18(2)8-9-19-3/h4-5,10,15H,6-9,11,16H2,1-3H3. The molecule has 4 heteroatoms. The van der Waals surface area contributed by atoms with Crippen molar-refractivity contribution >= 4 is 17.4 Å². The molecule has 0 bridgehead atoms. The molecule has 1 aliphatic rings. The Hall–Kier alpha value is -0.710. The van der Waals surface area contributed by atoms with E-state index in [9.17, 15) is 0 Å². The monoisotopic (exact) mass is 279 g/mol. The van der Waals surface area contributed by atoms with Crippen LogP contribution in [0.5, 0.6) is 0 Å². The van der Waals surface area contributed by atoms with Crippen LogP contribution >= 0.6 is 11.8 Å². The number of likely N-dealkylation sites (N-methyl/N-ethyl adjacent to an activating group) is 2. The fourth-order valence-corrected chi connectivity index (χ4v) is 3.23. The van der Waals surface area contributed by atoms with E-state index in [2.05, 4.69) is 48.4 Å². The number of anilines is 1.